The molecule has 0 bridgehead atoms. The molecule has 1 fully saturated rings. The van der Waals surface area contributed by atoms with Gasteiger partial charge in [0.25, 0.3) is 0 Å². The van der Waals surface area contributed by atoms with Gasteiger partial charge in [0.05, 0.1) is 6.10 Å². The van der Waals surface area contributed by atoms with Crippen molar-refractivity contribution in [3.05, 3.63) is 75.7 Å². The number of nitro groups is 1. The summed E-state index contributed by atoms with van der Waals surface area (Å²) in [6.07, 6.45) is 3.57. The van der Waals surface area contributed by atoms with Gasteiger partial charge in [0, 0.05) is 30.2 Å². The van der Waals surface area contributed by atoms with Crippen molar-refractivity contribution in [3.8, 4) is 5.75 Å². The topological polar surface area (TPSA) is 93.7 Å². The summed E-state index contributed by atoms with van der Waals surface area (Å²) in [5, 5.41) is 21.0. The minimum absolute atomic E-state index is 0.00728. The van der Waals surface area contributed by atoms with Crippen LogP contribution in [0.2, 0.25) is 5.28 Å². The number of halogens is 4. The average Bonchev–Trinajstić information content (AvgIpc) is 3.28. The van der Waals surface area contributed by atoms with Crippen LogP contribution >= 0.6 is 23.4 Å². The minimum Gasteiger partial charge on any atom is -0.491 e. The number of benzene rings is 2. The maximum Gasteiger partial charge on any atom is 0.446 e. The van der Waals surface area contributed by atoms with Gasteiger partial charge < -0.3 is 24.9 Å². The Morgan fingerprint density at radius 3 is 2.41 bits per heavy atom. The van der Waals surface area contributed by atoms with Gasteiger partial charge in [-0.05, 0) is 107 Å². The van der Waals surface area contributed by atoms with E-state index in [-0.39, 0.29) is 47.3 Å². The van der Waals surface area contributed by atoms with Crippen molar-refractivity contribution < 1.29 is 27.9 Å². The second-order valence-electron chi connectivity index (χ2n) is 9.39. The molecule has 39 heavy (non-hydrogen) atoms. The van der Waals surface area contributed by atoms with Crippen LogP contribution in [0, 0.1) is 16.0 Å². The Morgan fingerprint density at radius 1 is 1.15 bits per heavy atom. The summed E-state index contributed by atoms with van der Waals surface area (Å²) in [5.41, 5.74) is -2.14. The van der Waals surface area contributed by atoms with Gasteiger partial charge in [0.1, 0.15) is 18.6 Å². The summed E-state index contributed by atoms with van der Waals surface area (Å²) >= 11 is 5.80. The molecule has 0 radical (unpaired) electrons. The molecule has 1 aromatic heterocycles. The van der Waals surface area contributed by atoms with Crippen molar-refractivity contribution in [2.24, 2.45) is 5.92 Å². The fraction of sp³-hybridized carbons (Fsp3) is 0.423. The number of hydrogen-bond donors (Lipinski definition) is 1. The summed E-state index contributed by atoms with van der Waals surface area (Å²) in [6, 6.07) is 14.3. The van der Waals surface area contributed by atoms with E-state index >= 15 is 0 Å². The van der Waals surface area contributed by atoms with Crippen molar-refractivity contribution >= 4 is 34.9 Å². The van der Waals surface area contributed by atoms with E-state index in [4.69, 9.17) is 16.3 Å². The fourth-order valence-electron chi connectivity index (χ4n) is 4.50. The third kappa shape index (κ3) is 8.77. The van der Waals surface area contributed by atoms with E-state index in [2.05, 4.69) is 9.88 Å². The third-order valence-corrected chi connectivity index (χ3v) is 7.59. The Balaban J connectivity index is 1.18. The number of anilines is 1. The molecule has 0 aliphatic carbocycles. The van der Waals surface area contributed by atoms with E-state index in [1.54, 1.807) is 12.1 Å². The van der Waals surface area contributed by atoms with E-state index in [9.17, 15) is 28.4 Å². The summed E-state index contributed by atoms with van der Waals surface area (Å²) in [5.74, 6) is 0.762. The predicted octanol–water partition coefficient (Wildman–Crippen LogP) is 6.35. The number of nitrogens with zero attached hydrogens (tertiary/aromatic N) is 4. The molecule has 8 nitrogen and oxygen atoms in total. The van der Waals surface area contributed by atoms with Crippen LogP contribution in [0.5, 0.6) is 5.75 Å². The van der Waals surface area contributed by atoms with Crippen molar-refractivity contribution in [1.29, 1.82) is 0 Å². The molecule has 2 heterocycles. The quantitative estimate of drug-likeness (QED) is 0.159. The summed E-state index contributed by atoms with van der Waals surface area (Å²) in [6.45, 7) is 2.11. The second-order valence-corrected chi connectivity index (χ2v) is 10.9. The van der Waals surface area contributed by atoms with Crippen molar-refractivity contribution in [2.45, 2.75) is 48.7 Å². The Morgan fingerprint density at radius 2 is 1.82 bits per heavy atom. The van der Waals surface area contributed by atoms with Gasteiger partial charge in [-0.2, -0.15) is 13.2 Å². The molecule has 1 aliphatic rings. The van der Waals surface area contributed by atoms with Crippen LogP contribution < -0.4 is 9.64 Å². The number of rotatable bonds is 11. The molecule has 1 atom stereocenters. The molecule has 0 spiro atoms. The number of thioether (sulfide) groups is 1. The van der Waals surface area contributed by atoms with Gasteiger partial charge in [-0.3, -0.25) is 4.57 Å². The van der Waals surface area contributed by atoms with Crippen LogP contribution in [0.15, 0.2) is 59.6 Å². The highest BCUT2D eigenvalue weighted by molar-refractivity contribution is 8.00. The monoisotopic (exact) mass is 584 g/mol. The highest BCUT2D eigenvalue weighted by Gasteiger charge is 2.29. The third-order valence-electron chi connectivity index (χ3n) is 6.55. The van der Waals surface area contributed by atoms with Crippen LogP contribution in [-0.4, -0.2) is 50.9 Å². The van der Waals surface area contributed by atoms with Gasteiger partial charge in [0.2, 0.25) is 0 Å². The molecular weight excluding hydrogens is 557 g/mol. The van der Waals surface area contributed by atoms with Crippen LogP contribution in [0.4, 0.5) is 24.7 Å². The lowest BCUT2D eigenvalue weighted by atomic mass is 9.90. The minimum atomic E-state index is -4.27. The van der Waals surface area contributed by atoms with E-state index in [1.165, 1.54) is 22.9 Å². The number of ether oxygens (including phenoxy) is 1. The van der Waals surface area contributed by atoms with E-state index in [0.717, 1.165) is 43.6 Å². The van der Waals surface area contributed by atoms with Crippen LogP contribution in [0.25, 0.3) is 0 Å². The number of imidazole rings is 1. The van der Waals surface area contributed by atoms with Crippen LogP contribution in [0.3, 0.4) is 0 Å². The number of aliphatic hydroxyl groups excluding tert-OH is 1. The second kappa shape index (κ2) is 12.9. The molecule has 1 aliphatic heterocycles. The zero-order valence-corrected chi connectivity index (χ0v) is 22.5. The smallest absolute Gasteiger partial charge is 0.446 e. The maximum atomic E-state index is 12.5. The molecule has 4 rings (SSSR count). The summed E-state index contributed by atoms with van der Waals surface area (Å²) in [4.78, 5) is 16.3. The molecule has 0 amide bonds. The number of hydrogen-bond acceptors (Lipinski definition) is 7. The maximum absolute atomic E-state index is 12.5. The first-order valence-corrected chi connectivity index (χ1v) is 13.6. The van der Waals surface area contributed by atoms with Gasteiger partial charge in [0.15, 0.2) is 0 Å². The highest BCUT2D eigenvalue weighted by Crippen LogP contribution is 2.37. The average molecular weight is 585 g/mol. The molecule has 13 heteroatoms. The molecule has 1 N–H and O–H groups in total. The zero-order valence-electron chi connectivity index (χ0n) is 20.9. The summed E-state index contributed by atoms with van der Waals surface area (Å²) in [7, 11) is 0. The molecule has 3 aromatic rings. The highest BCUT2D eigenvalue weighted by atomic mass is 35.5. The molecule has 0 saturated carbocycles. The Kier molecular flexibility index (Phi) is 9.62. The zero-order chi connectivity index (χ0) is 28.0. The van der Waals surface area contributed by atoms with Crippen molar-refractivity contribution in [3.63, 3.8) is 0 Å². The number of aliphatic hydroxyl groups is 1. The standard InChI is InChI=1S/C26H28ClF3N4O4S/c27-25-31-24(34(36)37)16-33(25)14-11-21(35)17-38-22-5-3-20(4-6-22)32-12-9-19(10-13-32)15-18-1-7-23(8-2-18)39-26(28,29)30/h1-8,16,19,21,35H,9-15,17H2/t21-/m1/s1. The van der Waals surface area contributed by atoms with Gasteiger partial charge in [-0.1, -0.05) is 12.1 Å². The van der Waals surface area contributed by atoms with E-state index in [1.807, 2.05) is 24.3 Å². The van der Waals surface area contributed by atoms with E-state index in [0.29, 0.717) is 11.7 Å². The number of alkyl halides is 3. The van der Waals surface area contributed by atoms with Crippen LogP contribution in [0.1, 0.15) is 24.8 Å². The lowest BCUT2D eigenvalue weighted by Gasteiger charge is -2.33. The first-order chi connectivity index (χ1) is 18.6. The first-order valence-electron chi connectivity index (χ1n) is 12.4. The normalized spacial score (nSPS) is 15.4. The van der Waals surface area contributed by atoms with Crippen LogP contribution in [-0.2, 0) is 13.0 Å². The number of piperidine rings is 1. The van der Waals surface area contributed by atoms with Gasteiger partial charge in [-0.15, -0.1) is 0 Å². The largest absolute Gasteiger partial charge is 0.491 e. The van der Waals surface area contributed by atoms with Gasteiger partial charge in [-0.25, -0.2) is 0 Å². The van der Waals surface area contributed by atoms with Gasteiger partial charge >= 0.3 is 16.6 Å². The predicted molar refractivity (Wildman–Crippen MR) is 143 cm³/mol. The Labute approximate surface area is 232 Å². The molecule has 0 unspecified atom stereocenters. The number of aryl methyl sites for hydroxylation is 1. The Bertz CT molecular complexity index is 1230. The van der Waals surface area contributed by atoms with Crippen molar-refractivity contribution in [1.82, 2.24) is 9.55 Å². The van der Waals surface area contributed by atoms with Crippen molar-refractivity contribution in [2.75, 3.05) is 24.6 Å². The summed E-state index contributed by atoms with van der Waals surface area (Å²) < 4.78 is 44.7. The Hall–Kier alpha value is -2.96. The lowest BCUT2D eigenvalue weighted by molar-refractivity contribution is -0.389. The lowest BCUT2D eigenvalue weighted by Crippen LogP contribution is -2.34. The fourth-order valence-corrected chi connectivity index (χ4v) is 5.26. The molecule has 210 valence electrons. The first kappa shape index (κ1) is 29.0. The molecular formula is C26H28ClF3N4O4S. The number of aromatic nitrogens is 2. The molecule has 2 aromatic carbocycles. The van der Waals surface area contributed by atoms with E-state index < -0.39 is 16.5 Å². The SMILES string of the molecule is O=[N+]([O-])c1cn(CC[C@@H](O)COc2ccc(N3CCC(Cc4ccc(SC(F)(F)F)cc4)CC3)cc2)c(Cl)n1. The molecule has 1 saturated heterocycles.